The topological polar surface area (TPSA) is 35.2 Å². The zero-order valence-corrected chi connectivity index (χ0v) is 11.3. The van der Waals surface area contributed by atoms with Crippen LogP contribution in [-0.4, -0.2) is 4.99 Å². The van der Waals surface area contributed by atoms with Gasteiger partial charge in [0.2, 0.25) is 0 Å². The molecule has 4 heteroatoms. The number of rotatable bonds is 4. The van der Waals surface area contributed by atoms with E-state index in [1.807, 2.05) is 6.92 Å². The van der Waals surface area contributed by atoms with Crippen LogP contribution in [-0.2, 0) is 6.61 Å². The van der Waals surface area contributed by atoms with Gasteiger partial charge in [0.15, 0.2) is 0 Å². The predicted molar refractivity (Wildman–Crippen MR) is 77.8 cm³/mol. The van der Waals surface area contributed by atoms with Gasteiger partial charge in [-0.3, -0.25) is 0 Å². The Morgan fingerprint density at radius 3 is 2.53 bits per heavy atom. The van der Waals surface area contributed by atoms with Crippen LogP contribution in [0.15, 0.2) is 42.5 Å². The van der Waals surface area contributed by atoms with Crippen molar-refractivity contribution in [1.29, 1.82) is 0 Å². The highest BCUT2D eigenvalue weighted by molar-refractivity contribution is 7.80. The second-order valence-electron chi connectivity index (χ2n) is 4.25. The van der Waals surface area contributed by atoms with E-state index in [1.54, 1.807) is 30.3 Å². The Labute approximate surface area is 117 Å². The molecule has 0 spiro atoms. The zero-order chi connectivity index (χ0) is 13.8. The first-order valence-electron chi connectivity index (χ1n) is 5.84. The minimum absolute atomic E-state index is 0.256. The summed E-state index contributed by atoms with van der Waals surface area (Å²) in [7, 11) is 0. The molecule has 0 bridgehead atoms. The van der Waals surface area contributed by atoms with Gasteiger partial charge in [-0.1, -0.05) is 18.3 Å². The van der Waals surface area contributed by atoms with E-state index in [0.29, 0.717) is 17.3 Å². The fraction of sp³-hybridized carbons (Fsp3) is 0.133. The first kappa shape index (κ1) is 13.5. The molecule has 0 aliphatic rings. The maximum Gasteiger partial charge on any atom is 0.123 e. The Kier molecular flexibility index (Phi) is 4.12. The molecule has 2 nitrogen and oxygen atoms in total. The number of thiocarbonyl (C=S) groups is 1. The summed E-state index contributed by atoms with van der Waals surface area (Å²) in [6, 6.07) is 11.9. The van der Waals surface area contributed by atoms with Crippen LogP contribution in [0, 0.1) is 12.7 Å². The summed E-state index contributed by atoms with van der Waals surface area (Å²) < 4.78 is 18.7. The van der Waals surface area contributed by atoms with Crippen LogP contribution in [0.25, 0.3) is 0 Å². The normalized spacial score (nSPS) is 10.2. The Morgan fingerprint density at radius 2 is 1.89 bits per heavy atom. The molecule has 0 aliphatic carbocycles. The maximum atomic E-state index is 13.1. The largest absolute Gasteiger partial charge is 0.489 e. The van der Waals surface area contributed by atoms with Crippen molar-refractivity contribution in [2.24, 2.45) is 5.73 Å². The van der Waals surface area contributed by atoms with E-state index in [-0.39, 0.29) is 5.82 Å². The minimum Gasteiger partial charge on any atom is -0.489 e. The smallest absolute Gasteiger partial charge is 0.123 e. The second kappa shape index (κ2) is 5.80. The number of hydrogen-bond donors (Lipinski definition) is 1. The third-order valence-electron chi connectivity index (χ3n) is 2.84. The van der Waals surface area contributed by atoms with Crippen molar-refractivity contribution in [2.45, 2.75) is 13.5 Å². The van der Waals surface area contributed by atoms with Gasteiger partial charge in [-0.25, -0.2) is 4.39 Å². The third-order valence-corrected chi connectivity index (χ3v) is 3.08. The molecule has 2 aromatic rings. The molecule has 2 rings (SSSR count). The fourth-order valence-electron chi connectivity index (χ4n) is 1.67. The van der Waals surface area contributed by atoms with Crippen LogP contribution in [0.1, 0.15) is 16.7 Å². The van der Waals surface area contributed by atoms with Crippen molar-refractivity contribution in [1.82, 2.24) is 0 Å². The number of hydrogen-bond acceptors (Lipinski definition) is 2. The lowest BCUT2D eigenvalue weighted by molar-refractivity contribution is 0.305. The number of nitrogens with two attached hydrogens (primary N) is 1. The highest BCUT2D eigenvalue weighted by Crippen LogP contribution is 2.16. The fourth-order valence-corrected chi connectivity index (χ4v) is 1.81. The van der Waals surface area contributed by atoms with Crippen molar-refractivity contribution < 1.29 is 9.13 Å². The zero-order valence-electron chi connectivity index (χ0n) is 10.5. The van der Waals surface area contributed by atoms with Gasteiger partial charge in [0.25, 0.3) is 0 Å². The van der Waals surface area contributed by atoms with E-state index in [0.717, 1.165) is 16.7 Å². The van der Waals surface area contributed by atoms with E-state index < -0.39 is 0 Å². The molecule has 0 aromatic heterocycles. The van der Waals surface area contributed by atoms with Gasteiger partial charge in [-0.05, 0) is 54.4 Å². The lowest BCUT2D eigenvalue weighted by Crippen LogP contribution is -2.08. The Morgan fingerprint density at radius 1 is 1.21 bits per heavy atom. The Balaban J connectivity index is 2.06. The minimum atomic E-state index is -0.256. The molecule has 0 radical (unpaired) electrons. The average molecular weight is 275 g/mol. The standard InChI is InChI=1S/C15H14FNOS/c1-10-2-5-13(16)8-12(10)9-18-14-6-3-11(4-7-14)15(17)19/h2-8H,9H2,1H3,(H2,17,19). The van der Waals surface area contributed by atoms with Gasteiger partial charge in [-0.2, -0.15) is 0 Å². The van der Waals surface area contributed by atoms with Crippen LogP contribution < -0.4 is 10.5 Å². The van der Waals surface area contributed by atoms with E-state index >= 15 is 0 Å². The van der Waals surface area contributed by atoms with Crippen LogP contribution in [0.4, 0.5) is 4.39 Å². The lowest BCUT2D eigenvalue weighted by atomic mass is 10.1. The van der Waals surface area contributed by atoms with E-state index in [1.165, 1.54) is 12.1 Å². The number of benzene rings is 2. The van der Waals surface area contributed by atoms with Gasteiger partial charge in [0, 0.05) is 5.56 Å². The van der Waals surface area contributed by atoms with Crippen molar-refractivity contribution >= 4 is 17.2 Å². The van der Waals surface area contributed by atoms with Crippen molar-refractivity contribution in [3.8, 4) is 5.75 Å². The van der Waals surface area contributed by atoms with Crippen molar-refractivity contribution in [2.75, 3.05) is 0 Å². The first-order chi connectivity index (χ1) is 9.06. The third kappa shape index (κ3) is 3.51. The van der Waals surface area contributed by atoms with E-state index in [9.17, 15) is 4.39 Å². The second-order valence-corrected chi connectivity index (χ2v) is 4.69. The summed E-state index contributed by atoms with van der Waals surface area (Å²) in [5, 5.41) is 0. The van der Waals surface area contributed by atoms with Gasteiger partial charge in [-0.15, -0.1) is 0 Å². The van der Waals surface area contributed by atoms with Crippen LogP contribution in [0.5, 0.6) is 5.75 Å². The molecule has 0 aliphatic heterocycles. The average Bonchev–Trinajstić information content (AvgIpc) is 2.40. The molecule has 98 valence electrons. The number of aryl methyl sites for hydroxylation is 1. The molecule has 0 atom stereocenters. The molecule has 0 heterocycles. The van der Waals surface area contributed by atoms with Crippen LogP contribution >= 0.6 is 12.2 Å². The molecule has 0 unspecified atom stereocenters. The summed E-state index contributed by atoms with van der Waals surface area (Å²) in [5.41, 5.74) is 8.14. The Bertz CT molecular complexity index is 596. The quantitative estimate of drug-likeness (QED) is 0.869. The van der Waals surface area contributed by atoms with Gasteiger partial charge >= 0.3 is 0 Å². The molecule has 0 amide bonds. The van der Waals surface area contributed by atoms with Gasteiger partial charge in [0.05, 0.1) is 0 Å². The monoisotopic (exact) mass is 275 g/mol. The highest BCUT2D eigenvalue weighted by Gasteiger charge is 2.02. The lowest BCUT2D eigenvalue weighted by Gasteiger charge is -2.09. The summed E-state index contributed by atoms with van der Waals surface area (Å²) in [6.07, 6.45) is 0. The molecule has 2 aromatic carbocycles. The molecule has 0 fully saturated rings. The van der Waals surface area contributed by atoms with Crippen LogP contribution in [0.3, 0.4) is 0 Å². The van der Waals surface area contributed by atoms with Crippen molar-refractivity contribution in [3.63, 3.8) is 0 Å². The van der Waals surface area contributed by atoms with E-state index in [2.05, 4.69) is 0 Å². The molecule has 0 saturated heterocycles. The van der Waals surface area contributed by atoms with Gasteiger partial charge in [0.1, 0.15) is 23.2 Å². The number of ether oxygens (including phenoxy) is 1. The molecular formula is C15H14FNOS. The SMILES string of the molecule is Cc1ccc(F)cc1COc1ccc(C(N)=S)cc1. The predicted octanol–water partition coefficient (Wildman–Crippen LogP) is 3.35. The highest BCUT2D eigenvalue weighted by atomic mass is 32.1. The van der Waals surface area contributed by atoms with Crippen molar-refractivity contribution in [3.05, 3.63) is 65.0 Å². The molecule has 19 heavy (non-hydrogen) atoms. The van der Waals surface area contributed by atoms with Gasteiger partial charge < -0.3 is 10.5 Å². The van der Waals surface area contributed by atoms with E-state index in [4.69, 9.17) is 22.7 Å². The Hall–Kier alpha value is -1.94. The maximum absolute atomic E-state index is 13.1. The number of halogens is 1. The summed E-state index contributed by atoms with van der Waals surface area (Å²) in [5.74, 6) is 0.441. The summed E-state index contributed by atoms with van der Waals surface area (Å²) in [4.78, 5) is 0.354. The van der Waals surface area contributed by atoms with Crippen LogP contribution in [0.2, 0.25) is 0 Å². The molecule has 2 N–H and O–H groups in total. The molecule has 0 saturated carbocycles. The summed E-state index contributed by atoms with van der Waals surface area (Å²) in [6.45, 7) is 2.25. The molecular weight excluding hydrogens is 261 g/mol. The first-order valence-corrected chi connectivity index (χ1v) is 6.25. The summed E-state index contributed by atoms with van der Waals surface area (Å²) >= 11 is 4.87.